The quantitative estimate of drug-likeness (QED) is 0.917. The number of hydrogen-bond donors (Lipinski definition) is 1. The van der Waals surface area contributed by atoms with Crippen molar-refractivity contribution in [2.75, 3.05) is 26.2 Å². The second-order valence-corrected chi connectivity index (χ2v) is 6.04. The highest BCUT2D eigenvalue weighted by Crippen LogP contribution is 2.26. The number of thiophene rings is 1. The van der Waals surface area contributed by atoms with Crippen molar-refractivity contribution >= 4 is 17.2 Å². The van der Waals surface area contributed by atoms with Crippen LogP contribution in [0.25, 0.3) is 0 Å². The molecule has 1 saturated heterocycles. The standard InChI is InChI=1S/C14H23N3OS/c1-11(15)14(13-4-9-19-10-13)17-6-3-5-16(7-8-17)12(2)18/h4,9-11,14H,3,5-8,15H2,1-2H3. The number of hydrogen-bond acceptors (Lipinski definition) is 4. The fourth-order valence-electron chi connectivity index (χ4n) is 2.82. The summed E-state index contributed by atoms with van der Waals surface area (Å²) in [6, 6.07) is 2.52. The molecule has 2 atom stereocenters. The van der Waals surface area contributed by atoms with Crippen LogP contribution in [0, 0.1) is 0 Å². The van der Waals surface area contributed by atoms with E-state index in [4.69, 9.17) is 5.73 Å². The molecule has 1 aliphatic rings. The summed E-state index contributed by atoms with van der Waals surface area (Å²) in [4.78, 5) is 15.8. The third-order valence-electron chi connectivity index (χ3n) is 3.75. The van der Waals surface area contributed by atoms with E-state index in [9.17, 15) is 4.79 Å². The van der Waals surface area contributed by atoms with Crippen LogP contribution in [0.3, 0.4) is 0 Å². The van der Waals surface area contributed by atoms with E-state index in [1.165, 1.54) is 5.56 Å². The Labute approximate surface area is 119 Å². The average Bonchev–Trinajstić information content (AvgIpc) is 2.74. The maximum Gasteiger partial charge on any atom is 0.219 e. The van der Waals surface area contributed by atoms with E-state index in [-0.39, 0.29) is 18.0 Å². The summed E-state index contributed by atoms with van der Waals surface area (Å²) in [6.07, 6.45) is 1.02. The zero-order valence-electron chi connectivity index (χ0n) is 11.7. The fourth-order valence-corrected chi connectivity index (χ4v) is 3.51. The highest BCUT2D eigenvalue weighted by Gasteiger charge is 2.26. The van der Waals surface area contributed by atoms with E-state index in [0.29, 0.717) is 0 Å². The maximum atomic E-state index is 11.5. The second kappa shape index (κ2) is 6.50. The maximum absolute atomic E-state index is 11.5. The van der Waals surface area contributed by atoms with Crippen LogP contribution in [0.5, 0.6) is 0 Å². The number of carbonyl (C=O) groups is 1. The van der Waals surface area contributed by atoms with Gasteiger partial charge < -0.3 is 10.6 Å². The van der Waals surface area contributed by atoms with Crippen molar-refractivity contribution in [2.45, 2.75) is 32.4 Å². The summed E-state index contributed by atoms with van der Waals surface area (Å²) < 4.78 is 0. The third kappa shape index (κ3) is 3.55. The molecule has 2 rings (SSSR count). The Hall–Kier alpha value is -0.910. The summed E-state index contributed by atoms with van der Waals surface area (Å²) in [6.45, 7) is 7.30. The molecule has 1 amide bonds. The largest absolute Gasteiger partial charge is 0.342 e. The van der Waals surface area contributed by atoms with Crippen LogP contribution in [0.15, 0.2) is 16.8 Å². The first kappa shape index (κ1) is 14.5. The minimum absolute atomic E-state index is 0.0958. The summed E-state index contributed by atoms with van der Waals surface area (Å²) in [5, 5.41) is 4.28. The monoisotopic (exact) mass is 281 g/mol. The molecule has 0 aromatic carbocycles. The molecule has 1 aromatic heterocycles. The minimum Gasteiger partial charge on any atom is -0.342 e. The van der Waals surface area contributed by atoms with Gasteiger partial charge in [0.2, 0.25) is 5.91 Å². The number of rotatable bonds is 3. The van der Waals surface area contributed by atoms with Gasteiger partial charge in [-0.15, -0.1) is 0 Å². The first-order valence-corrected chi connectivity index (χ1v) is 7.81. The van der Waals surface area contributed by atoms with Crippen molar-refractivity contribution in [3.63, 3.8) is 0 Å². The lowest BCUT2D eigenvalue weighted by Gasteiger charge is -2.33. The van der Waals surface area contributed by atoms with Gasteiger partial charge in [-0.3, -0.25) is 9.69 Å². The minimum atomic E-state index is 0.0958. The molecule has 0 aliphatic carbocycles. The predicted molar refractivity (Wildman–Crippen MR) is 79.2 cm³/mol. The molecule has 1 aliphatic heterocycles. The first-order chi connectivity index (χ1) is 9.09. The Balaban J connectivity index is 2.08. The van der Waals surface area contributed by atoms with Gasteiger partial charge in [-0.05, 0) is 35.7 Å². The van der Waals surface area contributed by atoms with Crippen LogP contribution in [-0.2, 0) is 4.79 Å². The van der Waals surface area contributed by atoms with Crippen LogP contribution in [0.4, 0.5) is 0 Å². The summed E-state index contributed by atoms with van der Waals surface area (Å²) >= 11 is 1.71. The van der Waals surface area contributed by atoms with Crippen LogP contribution >= 0.6 is 11.3 Å². The van der Waals surface area contributed by atoms with Crippen molar-refractivity contribution in [3.8, 4) is 0 Å². The summed E-state index contributed by atoms with van der Waals surface area (Å²) in [7, 11) is 0. The average molecular weight is 281 g/mol. The molecular weight excluding hydrogens is 258 g/mol. The Bertz CT molecular complexity index is 405. The van der Waals surface area contributed by atoms with Gasteiger partial charge in [0.1, 0.15) is 0 Å². The smallest absolute Gasteiger partial charge is 0.219 e. The van der Waals surface area contributed by atoms with E-state index in [0.717, 1.165) is 32.6 Å². The van der Waals surface area contributed by atoms with Crippen molar-refractivity contribution in [1.29, 1.82) is 0 Å². The third-order valence-corrected chi connectivity index (χ3v) is 4.45. The Morgan fingerprint density at radius 3 is 2.74 bits per heavy atom. The van der Waals surface area contributed by atoms with Crippen molar-refractivity contribution < 1.29 is 4.79 Å². The molecule has 1 fully saturated rings. The predicted octanol–water partition coefficient (Wildman–Crippen LogP) is 1.69. The lowest BCUT2D eigenvalue weighted by Crippen LogP contribution is -2.41. The lowest BCUT2D eigenvalue weighted by molar-refractivity contribution is -0.128. The topological polar surface area (TPSA) is 49.6 Å². The van der Waals surface area contributed by atoms with Gasteiger partial charge in [0.05, 0.1) is 6.04 Å². The highest BCUT2D eigenvalue weighted by molar-refractivity contribution is 7.07. The van der Waals surface area contributed by atoms with Crippen molar-refractivity contribution in [2.24, 2.45) is 5.73 Å². The van der Waals surface area contributed by atoms with Crippen molar-refractivity contribution in [1.82, 2.24) is 9.80 Å². The first-order valence-electron chi connectivity index (χ1n) is 6.87. The molecule has 0 radical (unpaired) electrons. The second-order valence-electron chi connectivity index (χ2n) is 5.26. The van der Waals surface area contributed by atoms with Gasteiger partial charge in [0, 0.05) is 39.1 Å². The molecule has 2 unspecified atom stereocenters. The SMILES string of the molecule is CC(=O)N1CCCN(C(c2ccsc2)C(C)N)CC1. The van der Waals surface area contributed by atoms with Gasteiger partial charge in [-0.25, -0.2) is 0 Å². The van der Waals surface area contributed by atoms with Crippen molar-refractivity contribution in [3.05, 3.63) is 22.4 Å². The molecule has 5 heteroatoms. The van der Waals surface area contributed by atoms with E-state index < -0.39 is 0 Å². The van der Waals surface area contributed by atoms with Crippen LogP contribution in [0.2, 0.25) is 0 Å². The lowest BCUT2D eigenvalue weighted by atomic mass is 10.0. The zero-order valence-corrected chi connectivity index (χ0v) is 12.5. The molecular formula is C14H23N3OS. The van der Waals surface area contributed by atoms with Crippen LogP contribution in [0.1, 0.15) is 31.9 Å². The normalized spacial score (nSPS) is 20.9. The molecule has 1 aromatic rings. The number of amides is 1. The Morgan fingerprint density at radius 2 is 2.16 bits per heavy atom. The summed E-state index contributed by atoms with van der Waals surface area (Å²) in [5.41, 5.74) is 7.49. The number of nitrogens with two attached hydrogens (primary N) is 1. The summed E-state index contributed by atoms with van der Waals surface area (Å²) in [5.74, 6) is 0.176. The fraction of sp³-hybridized carbons (Fsp3) is 0.643. The van der Waals surface area contributed by atoms with Gasteiger partial charge >= 0.3 is 0 Å². The zero-order chi connectivity index (χ0) is 13.8. The molecule has 0 saturated carbocycles. The van der Waals surface area contributed by atoms with E-state index in [1.54, 1.807) is 18.3 Å². The molecule has 106 valence electrons. The van der Waals surface area contributed by atoms with Crippen LogP contribution in [-0.4, -0.2) is 47.9 Å². The molecule has 4 nitrogen and oxygen atoms in total. The van der Waals surface area contributed by atoms with E-state index in [2.05, 4.69) is 28.7 Å². The Morgan fingerprint density at radius 1 is 1.37 bits per heavy atom. The Kier molecular flexibility index (Phi) is 4.96. The molecule has 2 heterocycles. The van der Waals surface area contributed by atoms with Gasteiger partial charge in [-0.2, -0.15) is 11.3 Å². The van der Waals surface area contributed by atoms with Crippen LogP contribution < -0.4 is 5.73 Å². The number of nitrogens with zero attached hydrogens (tertiary/aromatic N) is 2. The van der Waals surface area contributed by atoms with Gasteiger partial charge in [0.15, 0.2) is 0 Å². The molecule has 0 spiro atoms. The molecule has 19 heavy (non-hydrogen) atoms. The highest BCUT2D eigenvalue weighted by atomic mass is 32.1. The number of carbonyl (C=O) groups excluding carboxylic acids is 1. The van der Waals surface area contributed by atoms with E-state index in [1.807, 2.05) is 4.90 Å². The van der Waals surface area contributed by atoms with Gasteiger partial charge in [0.25, 0.3) is 0 Å². The van der Waals surface area contributed by atoms with E-state index >= 15 is 0 Å². The molecule has 2 N–H and O–H groups in total. The molecule has 0 bridgehead atoms. The van der Waals surface area contributed by atoms with Gasteiger partial charge in [-0.1, -0.05) is 0 Å².